The second kappa shape index (κ2) is 8.97. The Hall–Kier alpha value is -3.05. The quantitative estimate of drug-likeness (QED) is 0.630. The number of carbonyl (C=O) groups excluding carboxylic acids is 1. The summed E-state index contributed by atoms with van der Waals surface area (Å²) in [6.45, 7) is 4.48. The molecule has 0 aliphatic carbocycles. The van der Waals surface area contributed by atoms with E-state index < -0.39 is 0 Å². The zero-order valence-corrected chi connectivity index (χ0v) is 16.8. The van der Waals surface area contributed by atoms with E-state index >= 15 is 0 Å². The smallest absolute Gasteiger partial charge is 0.318 e. The third kappa shape index (κ3) is 4.05. The van der Waals surface area contributed by atoms with Crippen molar-refractivity contribution in [3.63, 3.8) is 0 Å². The van der Waals surface area contributed by atoms with E-state index in [4.69, 9.17) is 4.74 Å². The molecule has 0 spiro atoms. The van der Waals surface area contributed by atoms with E-state index in [-0.39, 0.29) is 12.1 Å². The number of nitrogens with zero attached hydrogens (tertiary/aromatic N) is 2. The predicted molar refractivity (Wildman–Crippen MR) is 114 cm³/mol. The van der Waals surface area contributed by atoms with Crippen molar-refractivity contribution in [2.75, 3.05) is 19.8 Å². The molecule has 1 aliphatic rings. The Morgan fingerprint density at radius 3 is 2.69 bits per heavy atom. The van der Waals surface area contributed by atoms with E-state index in [9.17, 15) is 4.79 Å². The topological polar surface area (TPSA) is 46.5 Å². The zero-order chi connectivity index (χ0) is 20.1. The molecular formula is C24H27N3O2. The summed E-state index contributed by atoms with van der Waals surface area (Å²) in [6.07, 6.45) is 2.88. The second-order valence-corrected chi connectivity index (χ2v) is 7.16. The lowest BCUT2D eigenvalue weighted by atomic mass is 10.0. The van der Waals surface area contributed by atoms with Gasteiger partial charge in [0.2, 0.25) is 0 Å². The number of hydrogen-bond donors (Lipinski definition) is 1. The first-order chi connectivity index (χ1) is 14.3. The summed E-state index contributed by atoms with van der Waals surface area (Å²) in [5, 5.41) is 3.09. The lowest BCUT2D eigenvalue weighted by Crippen LogP contribution is -2.42. The number of amides is 2. The molecule has 1 N–H and O–H groups in total. The van der Waals surface area contributed by atoms with E-state index in [1.165, 1.54) is 0 Å². The van der Waals surface area contributed by atoms with E-state index in [1.807, 2.05) is 48.2 Å². The van der Waals surface area contributed by atoms with Crippen molar-refractivity contribution in [3.05, 3.63) is 89.7 Å². The fourth-order valence-corrected chi connectivity index (χ4v) is 3.94. The maximum absolute atomic E-state index is 13.3. The first kappa shape index (κ1) is 19.3. The minimum Gasteiger partial charge on any atom is -0.382 e. The van der Waals surface area contributed by atoms with Crippen LogP contribution in [0.15, 0.2) is 72.9 Å². The fourth-order valence-electron chi connectivity index (χ4n) is 3.94. The molecule has 0 fully saturated rings. The van der Waals surface area contributed by atoms with Gasteiger partial charge in [0.25, 0.3) is 0 Å². The molecule has 2 aromatic carbocycles. The van der Waals surface area contributed by atoms with Gasteiger partial charge in [-0.05, 0) is 42.7 Å². The average molecular weight is 389 g/mol. The van der Waals surface area contributed by atoms with E-state index in [1.54, 1.807) is 0 Å². The Balaban J connectivity index is 1.69. The van der Waals surface area contributed by atoms with Gasteiger partial charge in [0.05, 0.1) is 18.3 Å². The van der Waals surface area contributed by atoms with Gasteiger partial charge in [-0.25, -0.2) is 4.79 Å². The minimum absolute atomic E-state index is 0.0557. The van der Waals surface area contributed by atoms with Gasteiger partial charge >= 0.3 is 6.03 Å². The number of fused-ring (bicyclic) bond motifs is 3. The lowest BCUT2D eigenvalue weighted by Gasteiger charge is -2.31. The number of rotatable bonds is 6. The van der Waals surface area contributed by atoms with Gasteiger partial charge < -0.3 is 19.5 Å². The summed E-state index contributed by atoms with van der Waals surface area (Å²) < 4.78 is 7.59. The fraction of sp³-hybridized carbons (Fsp3) is 0.292. The third-order valence-electron chi connectivity index (χ3n) is 5.29. The maximum Gasteiger partial charge on any atom is 0.318 e. The molecule has 1 aromatic heterocycles. The molecule has 1 unspecified atom stereocenters. The molecule has 2 amide bonds. The first-order valence-corrected chi connectivity index (χ1v) is 10.2. The molecule has 5 nitrogen and oxygen atoms in total. The number of urea groups is 1. The Morgan fingerprint density at radius 1 is 1.07 bits per heavy atom. The number of benzene rings is 2. The third-order valence-corrected chi connectivity index (χ3v) is 5.29. The number of ether oxygens (including phenoxy) is 1. The van der Waals surface area contributed by atoms with Crippen LogP contribution < -0.4 is 5.32 Å². The summed E-state index contributed by atoms with van der Waals surface area (Å²) in [5.74, 6) is 0. The Bertz CT molecular complexity index is 952. The molecule has 3 aromatic rings. The molecule has 4 rings (SSSR count). The van der Waals surface area contributed by atoms with Crippen molar-refractivity contribution < 1.29 is 9.53 Å². The van der Waals surface area contributed by atoms with Crippen LogP contribution in [0.1, 0.15) is 36.2 Å². The molecular weight excluding hydrogens is 362 g/mol. The van der Waals surface area contributed by atoms with Gasteiger partial charge in [-0.15, -0.1) is 0 Å². The Labute approximate surface area is 171 Å². The summed E-state index contributed by atoms with van der Waals surface area (Å²) in [4.78, 5) is 15.2. The molecule has 5 heteroatoms. The van der Waals surface area contributed by atoms with Gasteiger partial charge in [0, 0.05) is 31.6 Å². The van der Waals surface area contributed by atoms with Crippen LogP contribution in [-0.4, -0.2) is 35.3 Å². The van der Waals surface area contributed by atoms with Crippen molar-refractivity contribution in [2.45, 2.75) is 25.9 Å². The first-order valence-electron chi connectivity index (χ1n) is 10.2. The van der Waals surface area contributed by atoms with Gasteiger partial charge in [-0.3, -0.25) is 0 Å². The number of carbonyl (C=O) groups is 1. The normalized spacial score (nSPS) is 15.3. The van der Waals surface area contributed by atoms with E-state index in [0.29, 0.717) is 26.3 Å². The lowest BCUT2D eigenvalue weighted by molar-refractivity contribution is 0.143. The molecule has 1 atom stereocenters. The van der Waals surface area contributed by atoms with Crippen molar-refractivity contribution in [1.29, 1.82) is 0 Å². The molecule has 150 valence electrons. The molecule has 1 aliphatic heterocycles. The Morgan fingerprint density at radius 2 is 1.86 bits per heavy atom. The highest BCUT2D eigenvalue weighted by atomic mass is 16.5. The number of para-hydroxylation sites is 1. The van der Waals surface area contributed by atoms with Crippen molar-refractivity contribution in [3.8, 4) is 5.69 Å². The van der Waals surface area contributed by atoms with Crippen LogP contribution in [0.25, 0.3) is 5.69 Å². The molecule has 2 heterocycles. The molecule has 0 bridgehead atoms. The maximum atomic E-state index is 13.3. The van der Waals surface area contributed by atoms with Crippen LogP contribution in [0.5, 0.6) is 0 Å². The van der Waals surface area contributed by atoms with Crippen molar-refractivity contribution >= 4 is 6.03 Å². The Kier molecular flexibility index (Phi) is 5.96. The summed E-state index contributed by atoms with van der Waals surface area (Å²) in [5.41, 5.74) is 4.45. The summed E-state index contributed by atoms with van der Waals surface area (Å²) in [7, 11) is 0. The number of hydrogen-bond acceptors (Lipinski definition) is 2. The van der Waals surface area contributed by atoms with Crippen LogP contribution in [0.2, 0.25) is 0 Å². The standard InChI is InChI=1S/C24H27N3O2/c1-2-29-17-9-15-25-24(28)27-18-20-12-6-7-13-21(20)26-16-8-14-22(26)23(27)19-10-4-3-5-11-19/h3-8,10-14,16,23H,2,9,15,17-18H2,1H3,(H,25,28). The number of aromatic nitrogens is 1. The van der Waals surface area contributed by atoms with Crippen LogP contribution in [-0.2, 0) is 11.3 Å². The van der Waals surface area contributed by atoms with Gasteiger partial charge in [0.15, 0.2) is 0 Å². The molecule has 0 radical (unpaired) electrons. The zero-order valence-electron chi connectivity index (χ0n) is 16.8. The highest BCUT2D eigenvalue weighted by Crippen LogP contribution is 2.36. The van der Waals surface area contributed by atoms with Crippen molar-refractivity contribution in [2.24, 2.45) is 0 Å². The van der Waals surface area contributed by atoms with E-state index in [2.05, 4.69) is 46.4 Å². The summed E-state index contributed by atoms with van der Waals surface area (Å²) >= 11 is 0. The SMILES string of the molecule is CCOCCCNC(=O)N1Cc2ccccc2-n2cccc2C1c1ccccc1. The van der Waals surface area contributed by atoms with Gasteiger partial charge in [-0.2, -0.15) is 0 Å². The van der Waals surface area contributed by atoms with Crippen LogP contribution in [0.4, 0.5) is 4.79 Å². The monoisotopic (exact) mass is 389 g/mol. The van der Waals surface area contributed by atoms with Crippen LogP contribution >= 0.6 is 0 Å². The highest BCUT2D eigenvalue weighted by Gasteiger charge is 2.32. The molecule has 0 saturated carbocycles. The summed E-state index contributed by atoms with van der Waals surface area (Å²) in [6, 6.07) is 22.5. The molecule has 29 heavy (non-hydrogen) atoms. The number of nitrogens with one attached hydrogen (secondary N) is 1. The average Bonchev–Trinajstić information content (AvgIpc) is 3.18. The second-order valence-electron chi connectivity index (χ2n) is 7.16. The van der Waals surface area contributed by atoms with E-state index in [0.717, 1.165) is 28.9 Å². The van der Waals surface area contributed by atoms with Gasteiger partial charge in [-0.1, -0.05) is 48.5 Å². The molecule has 0 saturated heterocycles. The van der Waals surface area contributed by atoms with Crippen LogP contribution in [0.3, 0.4) is 0 Å². The van der Waals surface area contributed by atoms with Gasteiger partial charge in [0.1, 0.15) is 0 Å². The van der Waals surface area contributed by atoms with Crippen LogP contribution in [0, 0.1) is 0 Å². The predicted octanol–water partition coefficient (Wildman–Crippen LogP) is 4.52. The minimum atomic E-state index is -0.162. The van der Waals surface area contributed by atoms with Crippen molar-refractivity contribution in [1.82, 2.24) is 14.8 Å². The highest BCUT2D eigenvalue weighted by molar-refractivity contribution is 5.76. The largest absolute Gasteiger partial charge is 0.382 e.